The predicted octanol–water partition coefficient (Wildman–Crippen LogP) is 2.90. The Morgan fingerprint density at radius 2 is 2.32 bits per heavy atom. The highest BCUT2D eigenvalue weighted by Gasteiger charge is 2.41. The highest BCUT2D eigenvalue weighted by atomic mass is 16.5. The average Bonchev–Trinajstić information content (AvgIpc) is 2.87. The number of likely N-dealkylation sites (N-methyl/N-ethyl adjacent to an activating group) is 1. The monoisotopic (exact) mass is 262 g/mol. The van der Waals surface area contributed by atoms with Gasteiger partial charge in [-0.3, -0.25) is 4.98 Å². The molecule has 1 aliphatic rings. The molecule has 1 aromatic heterocycles. The SMILES string of the molecule is CCNC(C1CCc2cccnc21)C(C)(CC)OC. The molecular formula is C16H26N2O. The van der Waals surface area contributed by atoms with E-state index in [1.165, 1.54) is 17.7 Å². The fourth-order valence-corrected chi connectivity index (χ4v) is 3.26. The van der Waals surface area contributed by atoms with Gasteiger partial charge in [-0.2, -0.15) is 0 Å². The maximum Gasteiger partial charge on any atom is 0.0806 e. The number of fused-ring (bicyclic) bond motifs is 1. The van der Waals surface area contributed by atoms with Crippen molar-refractivity contribution in [2.45, 2.75) is 57.6 Å². The zero-order valence-electron chi connectivity index (χ0n) is 12.6. The zero-order valence-corrected chi connectivity index (χ0v) is 12.6. The number of ether oxygens (including phenoxy) is 1. The van der Waals surface area contributed by atoms with E-state index in [4.69, 9.17) is 4.74 Å². The van der Waals surface area contributed by atoms with E-state index in [0.29, 0.717) is 12.0 Å². The molecule has 106 valence electrons. The number of nitrogens with one attached hydrogen (secondary N) is 1. The van der Waals surface area contributed by atoms with Crippen LogP contribution in [0.15, 0.2) is 18.3 Å². The molecule has 0 radical (unpaired) electrons. The van der Waals surface area contributed by atoms with Gasteiger partial charge in [-0.1, -0.05) is 19.9 Å². The van der Waals surface area contributed by atoms with E-state index in [0.717, 1.165) is 19.4 Å². The van der Waals surface area contributed by atoms with Gasteiger partial charge in [0.25, 0.3) is 0 Å². The smallest absolute Gasteiger partial charge is 0.0806 e. The largest absolute Gasteiger partial charge is 0.377 e. The lowest BCUT2D eigenvalue weighted by Gasteiger charge is -2.40. The van der Waals surface area contributed by atoms with Crippen LogP contribution in [0.4, 0.5) is 0 Å². The predicted molar refractivity (Wildman–Crippen MR) is 78.5 cm³/mol. The van der Waals surface area contributed by atoms with Gasteiger partial charge < -0.3 is 10.1 Å². The fourth-order valence-electron chi connectivity index (χ4n) is 3.26. The van der Waals surface area contributed by atoms with Crippen molar-refractivity contribution >= 4 is 0 Å². The minimum absolute atomic E-state index is 0.139. The molecule has 3 nitrogen and oxygen atoms in total. The molecule has 1 aliphatic carbocycles. The van der Waals surface area contributed by atoms with Crippen molar-refractivity contribution in [3.05, 3.63) is 29.6 Å². The van der Waals surface area contributed by atoms with E-state index in [9.17, 15) is 0 Å². The molecule has 1 aromatic rings. The lowest BCUT2D eigenvalue weighted by molar-refractivity contribution is -0.0362. The molecule has 0 fully saturated rings. The maximum atomic E-state index is 5.84. The van der Waals surface area contributed by atoms with Crippen LogP contribution in [0, 0.1) is 0 Å². The topological polar surface area (TPSA) is 34.2 Å². The van der Waals surface area contributed by atoms with Crippen molar-refractivity contribution in [1.29, 1.82) is 0 Å². The molecule has 3 unspecified atom stereocenters. The Hall–Kier alpha value is -0.930. The third-order valence-corrected chi connectivity index (χ3v) is 4.65. The summed E-state index contributed by atoms with van der Waals surface area (Å²) in [4.78, 5) is 4.63. The normalized spacial score (nSPS) is 22.8. The lowest BCUT2D eigenvalue weighted by atomic mass is 9.82. The summed E-state index contributed by atoms with van der Waals surface area (Å²) in [7, 11) is 1.82. The van der Waals surface area contributed by atoms with Crippen LogP contribution in [-0.4, -0.2) is 30.3 Å². The number of aryl methyl sites for hydroxylation is 1. The molecule has 0 spiro atoms. The quantitative estimate of drug-likeness (QED) is 0.856. The molecular weight excluding hydrogens is 236 g/mol. The van der Waals surface area contributed by atoms with Gasteiger partial charge in [0.2, 0.25) is 0 Å². The number of aromatic nitrogens is 1. The van der Waals surface area contributed by atoms with Crippen LogP contribution in [0.3, 0.4) is 0 Å². The molecule has 2 rings (SSSR count). The Balaban J connectivity index is 2.31. The second-order valence-corrected chi connectivity index (χ2v) is 5.60. The molecule has 3 heteroatoms. The third kappa shape index (κ3) is 2.67. The van der Waals surface area contributed by atoms with Crippen LogP contribution < -0.4 is 5.32 Å². The van der Waals surface area contributed by atoms with Crippen LogP contribution in [0.2, 0.25) is 0 Å². The number of hydrogen-bond acceptors (Lipinski definition) is 3. The summed E-state index contributed by atoms with van der Waals surface area (Å²) in [5.41, 5.74) is 2.54. The minimum atomic E-state index is -0.139. The lowest BCUT2D eigenvalue weighted by Crippen LogP contribution is -2.52. The molecule has 0 aliphatic heterocycles. The number of pyridine rings is 1. The summed E-state index contributed by atoms with van der Waals surface area (Å²) >= 11 is 0. The number of nitrogens with zero attached hydrogens (tertiary/aromatic N) is 1. The van der Waals surface area contributed by atoms with Crippen LogP contribution >= 0.6 is 0 Å². The van der Waals surface area contributed by atoms with Crippen molar-refractivity contribution in [3.63, 3.8) is 0 Å². The first-order valence-corrected chi connectivity index (χ1v) is 7.38. The maximum absolute atomic E-state index is 5.84. The molecule has 3 atom stereocenters. The summed E-state index contributed by atoms with van der Waals surface area (Å²) in [5.74, 6) is 0.459. The van der Waals surface area contributed by atoms with Gasteiger partial charge in [-0.15, -0.1) is 0 Å². The van der Waals surface area contributed by atoms with Crippen molar-refractivity contribution in [1.82, 2.24) is 10.3 Å². The van der Waals surface area contributed by atoms with E-state index < -0.39 is 0 Å². The number of hydrogen-bond donors (Lipinski definition) is 1. The van der Waals surface area contributed by atoms with E-state index >= 15 is 0 Å². The minimum Gasteiger partial charge on any atom is -0.377 e. The van der Waals surface area contributed by atoms with Crippen LogP contribution in [-0.2, 0) is 11.2 Å². The Labute approximate surface area is 116 Å². The molecule has 1 N–H and O–H groups in total. The molecule has 19 heavy (non-hydrogen) atoms. The summed E-state index contributed by atoms with van der Waals surface area (Å²) in [6.07, 6.45) is 5.22. The summed E-state index contributed by atoms with van der Waals surface area (Å²) in [5, 5.41) is 3.64. The fraction of sp³-hybridized carbons (Fsp3) is 0.688. The van der Waals surface area contributed by atoms with Crippen LogP contribution in [0.25, 0.3) is 0 Å². The molecule has 0 saturated heterocycles. The Morgan fingerprint density at radius 3 is 2.95 bits per heavy atom. The molecule has 0 saturated carbocycles. The molecule has 1 heterocycles. The Kier molecular flexibility index (Phi) is 4.58. The zero-order chi connectivity index (χ0) is 13.9. The average molecular weight is 262 g/mol. The summed E-state index contributed by atoms with van der Waals surface area (Å²) < 4.78 is 5.84. The van der Waals surface area contributed by atoms with E-state index in [2.05, 4.69) is 37.1 Å². The first kappa shape index (κ1) is 14.5. The van der Waals surface area contributed by atoms with Crippen molar-refractivity contribution < 1.29 is 4.74 Å². The van der Waals surface area contributed by atoms with E-state index in [-0.39, 0.29) is 5.60 Å². The van der Waals surface area contributed by atoms with Gasteiger partial charge in [0, 0.05) is 31.0 Å². The third-order valence-electron chi connectivity index (χ3n) is 4.65. The number of methoxy groups -OCH3 is 1. The van der Waals surface area contributed by atoms with Gasteiger partial charge >= 0.3 is 0 Å². The molecule has 0 amide bonds. The van der Waals surface area contributed by atoms with Gasteiger partial charge in [0.1, 0.15) is 0 Å². The van der Waals surface area contributed by atoms with Crippen molar-refractivity contribution in [2.75, 3.05) is 13.7 Å². The molecule has 0 bridgehead atoms. The van der Waals surface area contributed by atoms with Gasteiger partial charge in [-0.25, -0.2) is 0 Å². The van der Waals surface area contributed by atoms with Gasteiger partial charge in [-0.05, 0) is 44.4 Å². The Bertz CT molecular complexity index is 415. The van der Waals surface area contributed by atoms with Gasteiger partial charge in [0.15, 0.2) is 0 Å². The van der Waals surface area contributed by atoms with Gasteiger partial charge in [0.05, 0.1) is 5.60 Å². The van der Waals surface area contributed by atoms with Crippen LogP contribution in [0.5, 0.6) is 0 Å². The second-order valence-electron chi connectivity index (χ2n) is 5.60. The first-order chi connectivity index (χ1) is 9.16. The second kappa shape index (κ2) is 6.02. The van der Waals surface area contributed by atoms with Crippen molar-refractivity contribution in [3.8, 4) is 0 Å². The summed E-state index contributed by atoms with van der Waals surface area (Å²) in [6, 6.07) is 4.57. The summed E-state index contributed by atoms with van der Waals surface area (Å²) in [6.45, 7) is 7.53. The Morgan fingerprint density at radius 1 is 1.53 bits per heavy atom. The van der Waals surface area contributed by atoms with E-state index in [1.807, 2.05) is 19.4 Å². The highest BCUT2D eigenvalue weighted by Crippen LogP contribution is 2.39. The van der Waals surface area contributed by atoms with Crippen molar-refractivity contribution in [2.24, 2.45) is 0 Å². The van der Waals surface area contributed by atoms with Crippen LogP contribution in [0.1, 0.15) is 50.8 Å². The van der Waals surface area contributed by atoms with E-state index in [1.54, 1.807) is 0 Å². The first-order valence-electron chi connectivity index (χ1n) is 7.38. The standard InChI is InChI=1S/C16H26N2O/c1-5-16(3,19-4)15(17-6-2)13-10-9-12-8-7-11-18-14(12)13/h7-8,11,13,15,17H,5-6,9-10H2,1-4H3. The molecule has 0 aromatic carbocycles. The number of rotatable bonds is 6. The highest BCUT2D eigenvalue weighted by molar-refractivity contribution is 5.31.